The number of hydrogen-bond donors (Lipinski definition) is 0. The highest BCUT2D eigenvalue weighted by Gasteiger charge is 2.36. The summed E-state index contributed by atoms with van der Waals surface area (Å²) < 4.78 is 0. The molecular formula is C12H18N2O2. The highest BCUT2D eigenvalue weighted by Crippen LogP contribution is 2.22. The molecule has 2 amide bonds. The summed E-state index contributed by atoms with van der Waals surface area (Å²) in [5.74, 6) is -0.238. The van der Waals surface area contributed by atoms with Gasteiger partial charge in [0.2, 0.25) is 0 Å². The maximum absolute atomic E-state index is 11.8. The van der Waals surface area contributed by atoms with E-state index in [2.05, 4.69) is 11.8 Å². The zero-order valence-corrected chi connectivity index (χ0v) is 9.90. The Morgan fingerprint density at radius 1 is 1.44 bits per heavy atom. The fraction of sp³-hybridized carbons (Fsp3) is 0.667. The number of nitrogens with zero attached hydrogens (tertiary/aromatic N) is 2. The largest absolute Gasteiger partial charge is 0.302 e. The number of piperidine rings is 1. The normalized spacial score (nSPS) is 27.5. The Bertz CT molecular complexity index is 349. The highest BCUT2D eigenvalue weighted by molar-refractivity contribution is 6.16. The Balaban J connectivity index is 2.08. The predicted molar refractivity (Wildman–Crippen MR) is 60.7 cm³/mol. The van der Waals surface area contributed by atoms with Crippen molar-refractivity contribution in [2.45, 2.75) is 32.7 Å². The van der Waals surface area contributed by atoms with Crippen molar-refractivity contribution in [3.8, 4) is 0 Å². The number of hydrogen-bond acceptors (Lipinski definition) is 3. The van der Waals surface area contributed by atoms with Gasteiger partial charge < -0.3 is 4.90 Å². The van der Waals surface area contributed by atoms with E-state index in [1.807, 2.05) is 0 Å². The first kappa shape index (κ1) is 11.3. The molecular weight excluding hydrogens is 204 g/mol. The Morgan fingerprint density at radius 2 is 2.19 bits per heavy atom. The number of likely N-dealkylation sites (N-methyl/N-ethyl adjacent to an activating group) is 1. The van der Waals surface area contributed by atoms with Crippen LogP contribution in [0.1, 0.15) is 26.7 Å². The third-order valence-corrected chi connectivity index (χ3v) is 3.43. The van der Waals surface area contributed by atoms with Crippen molar-refractivity contribution in [2.75, 3.05) is 19.6 Å². The van der Waals surface area contributed by atoms with E-state index in [4.69, 9.17) is 0 Å². The van der Waals surface area contributed by atoms with Gasteiger partial charge in [-0.05, 0) is 32.9 Å². The van der Waals surface area contributed by atoms with Crippen molar-refractivity contribution in [1.82, 2.24) is 9.80 Å². The average molecular weight is 222 g/mol. The zero-order valence-electron chi connectivity index (χ0n) is 9.90. The van der Waals surface area contributed by atoms with Gasteiger partial charge in [0.15, 0.2) is 0 Å². The molecule has 1 saturated heterocycles. The second-order valence-electron chi connectivity index (χ2n) is 4.53. The van der Waals surface area contributed by atoms with Crippen LogP contribution in [0.25, 0.3) is 0 Å². The van der Waals surface area contributed by atoms with Gasteiger partial charge in [0.25, 0.3) is 11.8 Å². The first-order valence-corrected chi connectivity index (χ1v) is 5.91. The van der Waals surface area contributed by atoms with Crippen LogP contribution in [0.2, 0.25) is 0 Å². The Kier molecular flexibility index (Phi) is 3.10. The molecule has 0 saturated carbocycles. The van der Waals surface area contributed by atoms with Crippen LogP contribution < -0.4 is 0 Å². The summed E-state index contributed by atoms with van der Waals surface area (Å²) in [6, 6.07) is 0.0717. The smallest absolute Gasteiger partial charge is 0.256 e. The van der Waals surface area contributed by atoms with Gasteiger partial charge in [0, 0.05) is 18.2 Å². The number of carbonyl (C=O) groups is 2. The second kappa shape index (κ2) is 4.37. The van der Waals surface area contributed by atoms with Crippen molar-refractivity contribution in [3.05, 3.63) is 11.6 Å². The van der Waals surface area contributed by atoms with E-state index in [0.717, 1.165) is 32.5 Å². The fourth-order valence-electron chi connectivity index (χ4n) is 2.48. The standard InChI is InChI=1S/C12H18N2O2/c1-3-13-6-4-5-10(8-13)14-11(15)7-9(2)12(14)16/h7,10H,3-6,8H2,1-2H3. The van der Waals surface area contributed by atoms with E-state index in [-0.39, 0.29) is 17.9 Å². The number of imide groups is 1. The maximum atomic E-state index is 11.8. The molecule has 2 aliphatic heterocycles. The Labute approximate surface area is 95.9 Å². The van der Waals surface area contributed by atoms with E-state index in [1.54, 1.807) is 6.92 Å². The molecule has 1 unspecified atom stereocenters. The third kappa shape index (κ3) is 1.89. The molecule has 2 heterocycles. The van der Waals surface area contributed by atoms with Crippen LogP contribution in [0, 0.1) is 0 Å². The summed E-state index contributed by atoms with van der Waals surface area (Å²) in [4.78, 5) is 27.3. The van der Waals surface area contributed by atoms with Gasteiger partial charge in [0.05, 0.1) is 6.04 Å². The molecule has 0 aromatic heterocycles. The second-order valence-corrected chi connectivity index (χ2v) is 4.53. The van der Waals surface area contributed by atoms with Crippen molar-refractivity contribution < 1.29 is 9.59 Å². The fourth-order valence-corrected chi connectivity index (χ4v) is 2.48. The van der Waals surface area contributed by atoms with Crippen molar-refractivity contribution in [2.24, 2.45) is 0 Å². The first-order chi connectivity index (χ1) is 7.63. The van der Waals surface area contributed by atoms with E-state index < -0.39 is 0 Å². The van der Waals surface area contributed by atoms with Gasteiger partial charge in [-0.2, -0.15) is 0 Å². The van der Waals surface area contributed by atoms with Crippen LogP contribution in [0.3, 0.4) is 0 Å². The minimum atomic E-state index is -0.134. The van der Waals surface area contributed by atoms with Crippen LogP contribution in [0.5, 0.6) is 0 Å². The van der Waals surface area contributed by atoms with E-state index in [0.29, 0.717) is 5.57 Å². The molecule has 4 nitrogen and oxygen atoms in total. The summed E-state index contributed by atoms with van der Waals surface area (Å²) in [6.45, 7) is 6.71. The van der Waals surface area contributed by atoms with Crippen molar-refractivity contribution in [1.29, 1.82) is 0 Å². The van der Waals surface area contributed by atoms with Crippen LogP contribution in [-0.4, -0.2) is 47.3 Å². The van der Waals surface area contributed by atoms with Crippen molar-refractivity contribution in [3.63, 3.8) is 0 Å². The molecule has 88 valence electrons. The molecule has 0 aromatic rings. The molecule has 2 aliphatic rings. The number of carbonyl (C=O) groups excluding carboxylic acids is 2. The highest BCUT2D eigenvalue weighted by atomic mass is 16.2. The summed E-state index contributed by atoms with van der Waals surface area (Å²) in [7, 11) is 0. The Hall–Kier alpha value is -1.16. The van der Waals surface area contributed by atoms with Gasteiger partial charge in [0.1, 0.15) is 0 Å². The van der Waals surface area contributed by atoms with Crippen LogP contribution in [0.15, 0.2) is 11.6 Å². The lowest BCUT2D eigenvalue weighted by Crippen LogP contribution is -2.50. The molecule has 0 aromatic carbocycles. The minimum absolute atomic E-state index is 0.0717. The lowest BCUT2D eigenvalue weighted by atomic mass is 10.0. The molecule has 0 N–H and O–H groups in total. The summed E-state index contributed by atoms with van der Waals surface area (Å²) in [5, 5.41) is 0. The average Bonchev–Trinajstić information content (AvgIpc) is 2.53. The van der Waals surface area contributed by atoms with Gasteiger partial charge >= 0.3 is 0 Å². The number of likely N-dealkylation sites (tertiary alicyclic amines) is 1. The summed E-state index contributed by atoms with van der Waals surface area (Å²) in [6.07, 6.45) is 3.46. The molecule has 0 radical (unpaired) electrons. The molecule has 0 bridgehead atoms. The summed E-state index contributed by atoms with van der Waals surface area (Å²) in [5.41, 5.74) is 0.568. The lowest BCUT2D eigenvalue weighted by molar-refractivity contribution is -0.141. The van der Waals surface area contributed by atoms with Gasteiger partial charge in [-0.25, -0.2) is 0 Å². The SMILES string of the molecule is CCN1CCCC(N2C(=O)C=C(C)C2=O)C1. The monoisotopic (exact) mass is 222 g/mol. The zero-order chi connectivity index (χ0) is 11.7. The third-order valence-electron chi connectivity index (χ3n) is 3.43. The molecule has 1 fully saturated rings. The predicted octanol–water partition coefficient (Wildman–Crippen LogP) is 0.786. The van der Waals surface area contributed by atoms with E-state index >= 15 is 0 Å². The van der Waals surface area contributed by atoms with Crippen LogP contribution in [-0.2, 0) is 9.59 Å². The molecule has 0 aliphatic carbocycles. The minimum Gasteiger partial charge on any atom is -0.302 e. The Morgan fingerprint density at radius 3 is 2.75 bits per heavy atom. The quantitative estimate of drug-likeness (QED) is 0.648. The van der Waals surface area contributed by atoms with Gasteiger partial charge in [-0.1, -0.05) is 6.92 Å². The first-order valence-electron chi connectivity index (χ1n) is 5.91. The number of amides is 2. The topological polar surface area (TPSA) is 40.6 Å². The van der Waals surface area contributed by atoms with Crippen molar-refractivity contribution >= 4 is 11.8 Å². The molecule has 0 spiro atoms. The van der Waals surface area contributed by atoms with E-state index in [1.165, 1.54) is 11.0 Å². The van der Waals surface area contributed by atoms with Crippen LogP contribution in [0.4, 0.5) is 0 Å². The maximum Gasteiger partial charge on any atom is 0.256 e. The molecule has 1 atom stereocenters. The van der Waals surface area contributed by atoms with Gasteiger partial charge in [-0.3, -0.25) is 14.5 Å². The molecule has 16 heavy (non-hydrogen) atoms. The van der Waals surface area contributed by atoms with Gasteiger partial charge in [-0.15, -0.1) is 0 Å². The van der Waals surface area contributed by atoms with E-state index in [9.17, 15) is 9.59 Å². The molecule has 4 heteroatoms. The molecule has 2 rings (SSSR count). The summed E-state index contributed by atoms with van der Waals surface area (Å²) >= 11 is 0. The number of rotatable bonds is 2. The lowest BCUT2D eigenvalue weighted by Gasteiger charge is -2.36. The van der Waals surface area contributed by atoms with Crippen LogP contribution >= 0.6 is 0 Å².